The van der Waals surface area contributed by atoms with Crippen LogP contribution in [-0.4, -0.2) is 31.8 Å². The van der Waals surface area contributed by atoms with Gasteiger partial charge in [-0.2, -0.15) is 0 Å². The number of rotatable bonds is 4. The van der Waals surface area contributed by atoms with Gasteiger partial charge in [0.15, 0.2) is 5.78 Å². The second-order valence-electron chi connectivity index (χ2n) is 5.55. The molecule has 1 aliphatic rings. The molecule has 2 rings (SSSR count). The zero-order chi connectivity index (χ0) is 15.6. The number of ether oxygens (including phenoxy) is 1. The molecule has 1 saturated carbocycles. The van der Waals surface area contributed by atoms with Gasteiger partial charge in [-0.15, -0.1) is 0 Å². The topological polar surface area (TPSA) is 60.4 Å². The Morgan fingerprint density at radius 3 is 2.67 bits per heavy atom. The maximum Gasteiger partial charge on any atom is 0.163 e. The molecule has 116 valence electrons. The average Bonchev–Trinajstić information content (AvgIpc) is 2.40. The van der Waals surface area contributed by atoms with Crippen LogP contribution in [0.3, 0.4) is 0 Å². The lowest BCUT2D eigenvalue weighted by Gasteiger charge is -2.29. The molecule has 0 heterocycles. The summed E-state index contributed by atoms with van der Waals surface area (Å²) in [5.74, 6) is 0.356. The third-order valence-corrected chi connectivity index (χ3v) is 5.67. The predicted octanol–water partition coefficient (Wildman–Crippen LogP) is 3.28. The van der Waals surface area contributed by atoms with Gasteiger partial charge >= 0.3 is 0 Å². The molecule has 0 radical (unpaired) electrons. The summed E-state index contributed by atoms with van der Waals surface area (Å²) >= 11 is 5.90. The number of carbonyl (C=O) groups is 1. The molecule has 1 aromatic carbocycles. The molecule has 6 heteroatoms. The monoisotopic (exact) mass is 330 g/mol. The van der Waals surface area contributed by atoms with Crippen LogP contribution >= 0.6 is 11.6 Å². The van der Waals surface area contributed by atoms with Crippen molar-refractivity contribution in [1.29, 1.82) is 0 Å². The number of carbonyl (C=O) groups excluding carboxylic acids is 1. The Balaban J connectivity index is 2.17. The van der Waals surface area contributed by atoms with E-state index in [4.69, 9.17) is 16.3 Å². The third kappa shape index (κ3) is 4.20. The van der Waals surface area contributed by atoms with Crippen molar-refractivity contribution >= 4 is 27.2 Å². The van der Waals surface area contributed by atoms with Crippen molar-refractivity contribution < 1.29 is 17.9 Å². The third-order valence-electron chi connectivity index (χ3n) is 3.80. The van der Waals surface area contributed by atoms with Crippen LogP contribution < -0.4 is 4.74 Å². The molecule has 0 N–H and O–H groups in total. The first-order chi connectivity index (χ1) is 9.77. The molecule has 2 unspecified atom stereocenters. The Bertz CT molecular complexity index is 639. The number of Topliss-reactive ketones (excluding diaryl/α,β-unsaturated/α-hetero) is 1. The standard InChI is InChI=1S/C15H19ClO4S/c1-10(17)14-8-11(16)6-7-15(14)20-12-4-3-5-13(9-12)21(2,18)19/h6-8,12-13H,3-5,9H2,1-2H3. The van der Waals surface area contributed by atoms with E-state index < -0.39 is 9.84 Å². The van der Waals surface area contributed by atoms with Crippen LogP contribution in [0.15, 0.2) is 18.2 Å². The Hall–Kier alpha value is -1.07. The summed E-state index contributed by atoms with van der Waals surface area (Å²) in [5, 5.41) is 0.120. The molecular weight excluding hydrogens is 312 g/mol. The number of hydrogen-bond acceptors (Lipinski definition) is 4. The fourth-order valence-corrected chi connectivity index (χ4v) is 3.99. The highest BCUT2D eigenvalue weighted by atomic mass is 35.5. The molecule has 0 amide bonds. The van der Waals surface area contributed by atoms with Crippen LogP contribution in [0.4, 0.5) is 0 Å². The molecule has 4 nitrogen and oxygen atoms in total. The van der Waals surface area contributed by atoms with E-state index in [0.29, 0.717) is 29.2 Å². The van der Waals surface area contributed by atoms with Gasteiger partial charge in [0.1, 0.15) is 15.6 Å². The first-order valence-corrected chi connectivity index (χ1v) is 9.26. The quantitative estimate of drug-likeness (QED) is 0.795. The van der Waals surface area contributed by atoms with Crippen LogP contribution in [0.25, 0.3) is 0 Å². The lowest BCUT2D eigenvalue weighted by molar-refractivity contribution is 0.100. The van der Waals surface area contributed by atoms with Crippen molar-refractivity contribution in [2.45, 2.75) is 44.0 Å². The molecule has 2 atom stereocenters. The van der Waals surface area contributed by atoms with E-state index in [1.165, 1.54) is 13.2 Å². The largest absolute Gasteiger partial charge is 0.490 e. The Labute approximate surface area is 130 Å². The van der Waals surface area contributed by atoms with Gasteiger partial charge < -0.3 is 4.74 Å². The minimum Gasteiger partial charge on any atom is -0.490 e. The van der Waals surface area contributed by atoms with Gasteiger partial charge in [-0.05, 0) is 44.4 Å². The van der Waals surface area contributed by atoms with Gasteiger partial charge in [0.05, 0.1) is 16.9 Å². The molecule has 1 aliphatic carbocycles. The minimum atomic E-state index is -3.05. The van der Waals surface area contributed by atoms with Crippen molar-refractivity contribution in [3.8, 4) is 5.75 Å². The van der Waals surface area contributed by atoms with Gasteiger partial charge in [0.2, 0.25) is 0 Å². The summed E-state index contributed by atoms with van der Waals surface area (Å²) in [5.41, 5.74) is 0.434. The fraction of sp³-hybridized carbons (Fsp3) is 0.533. The molecular formula is C15H19ClO4S. The molecule has 1 fully saturated rings. The zero-order valence-corrected chi connectivity index (χ0v) is 13.7. The lowest BCUT2D eigenvalue weighted by Crippen LogP contribution is -2.33. The van der Waals surface area contributed by atoms with E-state index in [1.54, 1.807) is 18.2 Å². The SMILES string of the molecule is CC(=O)c1cc(Cl)ccc1OC1CCCC(S(C)(=O)=O)C1. The van der Waals surface area contributed by atoms with E-state index in [2.05, 4.69) is 0 Å². The van der Waals surface area contributed by atoms with Crippen LogP contribution in [-0.2, 0) is 9.84 Å². The summed E-state index contributed by atoms with van der Waals surface area (Å²) < 4.78 is 29.2. The normalized spacial score (nSPS) is 22.8. The molecule has 0 saturated heterocycles. The highest BCUT2D eigenvalue weighted by Crippen LogP contribution is 2.30. The van der Waals surface area contributed by atoms with Crippen molar-refractivity contribution in [2.75, 3.05) is 6.26 Å². The van der Waals surface area contributed by atoms with Crippen molar-refractivity contribution in [3.05, 3.63) is 28.8 Å². The van der Waals surface area contributed by atoms with Crippen molar-refractivity contribution in [1.82, 2.24) is 0 Å². The number of benzene rings is 1. The molecule has 0 spiro atoms. The molecule has 0 aliphatic heterocycles. The van der Waals surface area contributed by atoms with E-state index in [1.807, 2.05) is 0 Å². The van der Waals surface area contributed by atoms with E-state index >= 15 is 0 Å². The van der Waals surface area contributed by atoms with Crippen molar-refractivity contribution in [3.63, 3.8) is 0 Å². The van der Waals surface area contributed by atoms with Gasteiger partial charge in [0, 0.05) is 17.7 Å². The van der Waals surface area contributed by atoms with E-state index in [0.717, 1.165) is 12.8 Å². The minimum absolute atomic E-state index is 0.122. The summed E-state index contributed by atoms with van der Waals surface area (Å²) in [7, 11) is -3.05. The smallest absolute Gasteiger partial charge is 0.163 e. The van der Waals surface area contributed by atoms with Crippen LogP contribution in [0, 0.1) is 0 Å². The highest BCUT2D eigenvalue weighted by molar-refractivity contribution is 7.91. The molecule has 1 aromatic rings. The van der Waals surface area contributed by atoms with Gasteiger partial charge in [0.25, 0.3) is 0 Å². The second kappa shape index (κ2) is 6.36. The Morgan fingerprint density at radius 1 is 1.33 bits per heavy atom. The Kier molecular flexibility index (Phi) is 4.94. The van der Waals surface area contributed by atoms with Gasteiger partial charge in [-0.3, -0.25) is 4.79 Å². The Morgan fingerprint density at radius 2 is 2.05 bits per heavy atom. The highest BCUT2D eigenvalue weighted by Gasteiger charge is 2.30. The van der Waals surface area contributed by atoms with E-state index in [9.17, 15) is 13.2 Å². The second-order valence-corrected chi connectivity index (χ2v) is 8.32. The maximum absolute atomic E-state index is 11.7. The number of ketones is 1. The summed E-state index contributed by atoms with van der Waals surface area (Å²) in [6.07, 6.45) is 3.84. The number of sulfone groups is 1. The summed E-state index contributed by atoms with van der Waals surface area (Å²) in [6, 6.07) is 4.92. The zero-order valence-electron chi connectivity index (χ0n) is 12.1. The van der Waals surface area contributed by atoms with Crippen LogP contribution in [0.1, 0.15) is 43.0 Å². The van der Waals surface area contributed by atoms with Crippen LogP contribution in [0.5, 0.6) is 5.75 Å². The first-order valence-electron chi connectivity index (χ1n) is 6.93. The first kappa shape index (κ1) is 16.3. The fourth-order valence-electron chi connectivity index (χ4n) is 2.66. The molecule has 21 heavy (non-hydrogen) atoms. The summed E-state index contributed by atoms with van der Waals surface area (Å²) in [6.45, 7) is 1.46. The maximum atomic E-state index is 11.7. The molecule has 0 bridgehead atoms. The number of halogens is 1. The van der Waals surface area contributed by atoms with Gasteiger partial charge in [-0.25, -0.2) is 8.42 Å². The average molecular weight is 331 g/mol. The summed E-state index contributed by atoms with van der Waals surface area (Å²) in [4.78, 5) is 11.6. The lowest BCUT2D eigenvalue weighted by atomic mass is 9.97. The van der Waals surface area contributed by atoms with Gasteiger partial charge in [-0.1, -0.05) is 11.6 Å². The number of hydrogen-bond donors (Lipinski definition) is 0. The van der Waals surface area contributed by atoms with Crippen molar-refractivity contribution in [2.24, 2.45) is 0 Å². The molecule has 0 aromatic heterocycles. The van der Waals surface area contributed by atoms with Crippen LogP contribution in [0.2, 0.25) is 5.02 Å². The predicted molar refractivity (Wildman–Crippen MR) is 83.0 cm³/mol. The van der Waals surface area contributed by atoms with E-state index in [-0.39, 0.29) is 17.1 Å².